The maximum absolute atomic E-state index is 14.2. The number of nitrogens with zero attached hydrogens (tertiary/aromatic N) is 2. The van der Waals surface area contributed by atoms with Crippen molar-refractivity contribution < 1.29 is 28.5 Å². The molecule has 23 heavy (non-hydrogen) atoms. The molecule has 2 heterocycles. The summed E-state index contributed by atoms with van der Waals surface area (Å²) in [4.78, 5) is 25.8. The zero-order valence-electron chi connectivity index (χ0n) is 11.6. The van der Waals surface area contributed by atoms with Gasteiger partial charge < -0.3 is 20.7 Å². The molecule has 1 aromatic heterocycles. The van der Waals surface area contributed by atoms with Crippen molar-refractivity contribution in [2.45, 2.75) is 18.5 Å². The first kappa shape index (κ1) is 16.8. The second-order valence-electron chi connectivity index (χ2n) is 4.65. The highest BCUT2D eigenvalue weighted by Gasteiger charge is 2.42. The molecule has 8 nitrogen and oxygen atoms in total. The fourth-order valence-corrected chi connectivity index (χ4v) is 2.11. The lowest BCUT2D eigenvalue weighted by molar-refractivity contribution is -0.131. The molecule has 1 fully saturated rings. The van der Waals surface area contributed by atoms with Gasteiger partial charge in [-0.15, -0.1) is 0 Å². The normalized spacial score (nSPS) is 26.2. The van der Waals surface area contributed by atoms with E-state index < -0.39 is 42.3 Å². The van der Waals surface area contributed by atoms with E-state index in [0.29, 0.717) is 0 Å². The Morgan fingerprint density at radius 2 is 2.26 bits per heavy atom. The molecular formula is C13H13F2N3O5. The molecule has 0 amide bonds. The molecule has 0 saturated carbocycles. The van der Waals surface area contributed by atoms with E-state index in [-0.39, 0.29) is 17.7 Å². The Bertz CT molecular complexity index is 731. The molecule has 0 spiro atoms. The summed E-state index contributed by atoms with van der Waals surface area (Å²) in [6.45, 7) is -0.671. The van der Waals surface area contributed by atoms with Gasteiger partial charge in [-0.1, -0.05) is 0 Å². The monoisotopic (exact) mass is 329 g/mol. The van der Waals surface area contributed by atoms with E-state index >= 15 is 0 Å². The summed E-state index contributed by atoms with van der Waals surface area (Å²) in [5.41, 5.74) is 4.15. The van der Waals surface area contributed by atoms with Crippen molar-refractivity contribution >= 4 is 17.9 Å². The van der Waals surface area contributed by atoms with E-state index in [1.807, 2.05) is 0 Å². The van der Waals surface area contributed by atoms with Crippen molar-refractivity contribution in [2.24, 2.45) is 0 Å². The van der Waals surface area contributed by atoms with E-state index in [1.165, 1.54) is 0 Å². The number of halogens is 2. The third-order valence-electron chi connectivity index (χ3n) is 3.23. The number of aliphatic hydroxyl groups is 1. The molecular weight excluding hydrogens is 316 g/mol. The number of aromatic nitrogens is 2. The van der Waals surface area contributed by atoms with E-state index in [9.17, 15) is 18.4 Å². The number of ether oxygens (including phenoxy) is 1. The minimum atomic E-state index is -2.02. The van der Waals surface area contributed by atoms with Crippen LogP contribution in [0.15, 0.2) is 29.0 Å². The number of aliphatic carboxylic acids is 1. The Labute approximate surface area is 128 Å². The molecule has 3 atom stereocenters. The van der Waals surface area contributed by atoms with E-state index in [4.69, 9.17) is 20.7 Å². The van der Waals surface area contributed by atoms with Gasteiger partial charge in [-0.05, 0) is 6.08 Å². The molecule has 0 bridgehead atoms. The molecule has 1 aliphatic rings. The zero-order chi connectivity index (χ0) is 17.1. The second kappa shape index (κ2) is 6.67. The molecule has 2 rings (SSSR count). The largest absolute Gasteiger partial charge is 0.478 e. The number of anilines is 1. The van der Waals surface area contributed by atoms with Crippen LogP contribution in [0.25, 0.3) is 6.08 Å². The Kier molecular flexibility index (Phi) is 4.86. The molecule has 0 radical (unpaired) electrons. The van der Waals surface area contributed by atoms with Crippen LogP contribution in [0, 0.1) is 0 Å². The number of carboxylic acid groups (broad SMARTS) is 1. The summed E-state index contributed by atoms with van der Waals surface area (Å²) in [6, 6.07) is 0. The predicted molar refractivity (Wildman–Crippen MR) is 74.7 cm³/mol. The van der Waals surface area contributed by atoms with Gasteiger partial charge in [0.2, 0.25) is 0 Å². The average Bonchev–Trinajstić information content (AvgIpc) is 2.82. The Morgan fingerprint density at radius 3 is 2.78 bits per heavy atom. The number of nitrogen functional groups attached to an aromatic ring is 1. The Morgan fingerprint density at radius 1 is 1.57 bits per heavy atom. The minimum absolute atomic E-state index is 0.0213. The van der Waals surface area contributed by atoms with Crippen LogP contribution in [0.4, 0.5) is 14.6 Å². The van der Waals surface area contributed by atoms with Crippen LogP contribution in [-0.4, -0.2) is 44.6 Å². The zero-order valence-corrected chi connectivity index (χ0v) is 11.6. The smallest absolute Gasteiger partial charge is 0.351 e. The van der Waals surface area contributed by atoms with E-state index in [0.717, 1.165) is 22.9 Å². The molecule has 4 N–H and O–H groups in total. The number of hydrogen-bond acceptors (Lipinski definition) is 6. The lowest BCUT2D eigenvalue weighted by Gasteiger charge is -2.16. The molecule has 3 unspecified atom stereocenters. The third kappa shape index (κ3) is 3.27. The molecule has 1 aromatic rings. The van der Waals surface area contributed by atoms with Crippen LogP contribution in [-0.2, 0) is 9.53 Å². The number of hydrogen-bond donors (Lipinski definition) is 3. The highest BCUT2D eigenvalue weighted by Crippen LogP contribution is 2.35. The standard InChI is InChI=1S/C13H13F2N3O5/c14-3-7-8(5-19)23-12(10(7)15)18-4-6(1-2-9(20)21)11(16)17-13(18)22/h1-4,8,10,12,19H,5H2,(H,20,21)(H2,16,17,22). The van der Waals surface area contributed by atoms with Crippen molar-refractivity contribution in [2.75, 3.05) is 12.3 Å². The van der Waals surface area contributed by atoms with Crippen molar-refractivity contribution in [1.82, 2.24) is 9.55 Å². The lowest BCUT2D eigenvalue weighted by atomic mass is 10.1. The molecule has 1 saturated heterocycles. The van der Waals surface area contributed by atoms with E-state index in [2.05, 4.69) is 4.98 Å². The first-order chi connectivity index (χ1) is 10.9. The number of rotatable bonds is 4. The van der Waals surface area contributed by atoms with Crippen LogP contribution in [0.2, 0.25) is 0 Å². The van der Waals surface area contributed by atoms with Gasteiger partial charge in [0, 0.05) is 23.4 Å². The molecule has 0 aromatic carbocycles. The molecule has 0 aliphatic carbocycles. The van der Waals surface area contributed by atoms with Crippen molar-refractivity contribution in [3.63, 3.8) is 0 Å². The van der Waals surface area contributed by atoms with Gasteiger partial charge in [-0.2, -0.15) is 4.98 Å². The highest BCUT2D eigenvalue weighted by molar-refractivity contribution is 5.86. The molecule has 1 aliphatic heterocycles. The summed E-state index contributed by atoms with van der Waals surface area (Å²) < 4.78 is 32.8. The SMILES string of the molecule is Nc1nc(=O)n(C2OC(CO)C(=CF)C2F)cc1C=CC(=O)O. The minimum Gasteiger partial charge on any atom is -0.478 e. The summed E-state index contributed by atoms with van der Waals surface area (Å²) in [5.74, 6) is -1.51. The number of alkyl halides is 1. The summed E-state index contributed by atoms with van der Waals surface area (Å²) in [5, 5.41) is 17.7. The average molecular weight is 329 g/mol. The second-order valence-corrected chi connectivity index (χ2v) is 4.65. The van der Waals surface area contributed by atoms with Crippen LogP contribution in [0.1, 0.15) is 11.8 Å². The number of nitrogens with two attached hydrogens (primary N) is 1. The Hall–Kier alpha value is -2.59. The van der Waals surface area contributed by atoms with Gasteiger partial charge in [0.25, 0.3) is 0 Å². The third-order valence-corrected chi connectivity index (χ3v) is 3.23. The van der Waals surface area contributed by atoms with Gasteiger partial charge in [0.1, 0.15) is 11.9 Å². The van der Waals surface area contributed by atoms with Crippen molar-refractivity contribution in [3.05, 3.63) is 40.2 Å². The van der Waals surface area contributed by atoms with Gasteiger partial charge in [0.15, 0.2) is 12.4 Å². The summed E-state index contributed by atoms with van der Waals surface area (Å²) >= 11 is 0. The van der Waals surface area contributed by atoms with Gasteiger partial charge in [-0.25, -0.2) is 18.4 Å². The summed E-state index contributed by atoms with van der Waals surface area (Å²) in [7, 11) is 0. The van der Waals surface area contributed by atoms with E-state index in [1.54, 1.807) is 0 Å². The highest BCUT2D eigenvalue weighted by atomic mass is 19.1. The molecule has 124 valence electrons. The fourth-order valence-electron chi connectivity index (χ4n) is 2.11. The van der Waals surface area contributed by atoms with Crippen LogP contribution >= 0.6 is 0 Å². The van der Waals surface area contributed by atoms with Crippen molar-refractivity contribution in [1.29, 1.82) is 0 Å². The quantitative estimate of drug-likeness (QED) is 0.664. The lowest BCUT2D eigenvalue weighted by Crippen LogP contribution is -2.31. The van der Waals surface area contributed by atoms with Gasteiger partial charge in [-0.3, -0.25) is 4.57 Å². The van der Waals surface area contributed by atoms with Crippen LogP contribution in [0.5, 0.6) is 0 Å². The number of carboxylic acids is 1. The Balaban J connectivity index is 2.46. The fraction of sp³-hybridized carbons (Fsp3) is 0.308. The maximum atomic E-state index is 14.2. The van der Waals surface area contributed by atoms with Crippen LogP contribution < -0.4 is 11.4 Å². The predicted octanol–water partition coefficient (Wildman–Crippen LogP) is 0.00450. The maximum Gasteiger partial charge on any atom is 0.351 e. The number of carbonyl (C=O) groups is 1. The summed E-state index contributed by atoms with van der Waals surface area (Å²) in [6.07, 6.45) is -1.94. The molecule has 10 heteroatoms. The first-order valence-corrected chi connectivity index (χ1v) is 6.39. The van der Waals surface area contributed by atoms with Gasteiger partial charge in [0.05, 0.1) is 12.9 Å². The van der Waals surface area contributed by atoms with Crippen LogP contribution in [0.3, 0.4) is 0 Å². The van der Waals surface area contributed by atoms with Gasteiger partial charge >= 0.3 is 11.7 Å². The first-order valence-electron chi connectivity index (χ1n) is 6.39. The topological polar surface area (TPSA) is 128 Å². The number of aliphatic hydroxyl groups excluding tert-OH is 1. The van der Waals surface area contributed by atoms with Crippen molar-refractivity contribution in [3.8, 4) is 0 Å².